The number of benzene rings is 2. The summed E-state index contributed by atoms with van der Waals surface area (Å²) in [6.45, 7) is 1.30. The number of hydrogen-bond acceptors (Lipinski definition) is 2. The molecule has 2 heterocycles. The van der Waals surface area contributed by atoms with E-state index in [0.29, 0.717) is 13.1 Å². The first-order valence-electron chi connectivity index (χ1n) is 8.45. The summed E-state index contributed by atoms with van der Waals surface area (Å²) in [5.74, 6) is 0.0368. The fraction of sp³-hybridized carbons (Fsp3) is 0.143. The number of carbonyl (C=O) groups excluding carboxylic acids is 1. The maximum absolute atomic E-state index is 12.6. The van der Waals surface area contributed by atoms with Crippen molar-refractivity contribution in [2.45, 2.75) is 13.0 Å². The summed E-state index contributed by atoms with van der Waals surface area (Å²) in [6.07, 6.45) is 4.33. The summed E-state index contributed by atoms with van der Waals surface area (Å²) in [5, 5.41) is 7.61. The molecule has 124 valence electrons. The van der Waals surface area contributed by atoms with Gasteiger partial charge in [0.1, 0.15) is 0 Å². The van der Waals surface area contributed by atoms with E-state index in [9.17, 15) is 4.79 Å². The van der Waals surface area contributed by atoms with Crippen LogP contribution in [-0.2, 0) is 17.8 Å². The molecule has 0 saturated heterocycles. The molecule has 0 unspecified atom stereocenters. The van der Waals surface area contributed by atoms with Crippen LogP contribution >= 0.6 is 0 Å². The van der Waals surface area contributed by atoms with E-state index in [-0.39, 0.29) is 5.91 Å². The van der Waals surface area contributed by atoms with Crippen molar-refractivity contribution in [1.82, 2.24) is 15.1 Å². The first-order chi connectivity index (χ1) is 12.3. The van der Waals surface area contributed by atoms with Gasteiger partial charge in [-0.1, -0.05) is 60.7 Å². The van der Waals surface area contributed by atoms with Crippen LogP contribution in [0, 0.1) is 0 Å². The Kier molecular flexibility index (Phi) is 4.17. The number of amides is 1. The van der Waals surface area contributed by atoms with Crippen molar-refractivity contribution in [2.24, 2.45) is 0 Å². The highest BCUT2D eigenvalue weighted by molar-refractivity contribution is 5.92. The summed E-state index contributed by atoms with van der Waals surface area (Å²) in [5.41, 5.74) is 5.31. The number of fused-ring (bicyclic) bond motifs is 1. The Morgan fingerprint density at radius 3 is 2.52 bits per heavy atom. The van der Waals surface area contributed by atoms with Crippen LogP contribution in [0.5, 0.6) is 0 Å². The van der Waals surface area contributed by atoms with Crippen LogP contribution in [0.15, 0.2) is 66.7 Å². The highest BCUT2D eigenvalue weighted by atomic mass is 16.2. The number of rotatable bonds is 3. The Labute approximate surface area is 146 Å². The van der Waals surface area contributed by atoms with Crippen LogP contribution in [-0.4, -0.2) is 27.5 Å². The fourth-order valence-electron chi connectivity index (χ4n) is 3.16. The topological polar surface area (TPSA) is 49.0 Å². The summed E-state index contributed by atoms with van der Waals surface area (Å²) in [4.78, 5) is 14.4. The van der Waals surface area contributed by atoms with Crippen LogP contribution in [0.25, 0.3) is 17.3 Å². The Morgan fingerprint density at radius 2 is 1.76 bits per heavy atom. The SMILES string of the molecule is O=C(/C=C/c1ccccc1)N1CCc2[nH]nc(-c3ccccc3)c2C1. The third-order valence-electron chi connectivity index (χ3n) is 4.51. The van der Waals surface area contributed by atoms with E-state index in [1.807, 2.05) is 71.6 Å². The number of aromatic nitrogens is 2. The zero-order valence-corrected chi connectivity index (χ0v) is 13.9. The van der Waals surface area contributed by atoms with Gasteiger partial charge < -0.3 is 4.90 Å². The van der Waals surface area contributed by atoms with Crippen molar-refractivity contribution < 1.29 is 4.79 Å². The van der Waals surface area contributed by atoms with Gasteiger partial charge in [0.15, 0.2) is 0 Å². The molecule has 1 N–H and O–H groups in total. The van der Waals surface area contributed by atoms with Crippen LogP contribution in [0.3, 0.4) is 0 Å². The molecular weight excluding hydrogens is 310 g/mol. The Morgan fingerprint density at radius 1 is 1.04 bits per heavy atom. The van der Waals surface area contributed by atoms with Gasteiger partial charge in [-0.15, -0.1) is 0 Å². The standard InChI is InChI=1S/C21H19N3O/c25-20(12-11-16-7-3-1-4-8-16)24-14-13-19-18(15-24)21(23-22-19)17-9-5-2-6-10-17/h1-12H,13-15H2,(H,22,23)/b12-11+. The van der Waals surface area contributed by atoms with Gasteiger partial charge >= 0.3 is 0 Å². The lowest BCUT2D eigenvalue weighted by atomic mass is 10.0. The molecule has 1 aromatic heterocycles. The minimum Gasteiger partial charge on any atom is -0.334 e. The Hall–Kier alpha value is -3.14. The fourth-order valence-corrected chi connectivity index (χ4v) is 3.16. The van der Waals surface area contributed by atoms with Crippen LogP contribution < -0.4 is 0 Å². The van der Waals surface area contributed by atoms with Crippen molar-refractivity contribution in [3.05, 3.63) is 83.6 Å². The molecule has 1 amide bonds. The summed E-state index contributed by atoms with van der Waals surface area (Å²) < 4.78 is 0. The molecule has 0 saturated carbocycles. The zero-order chi connectivity index (χ0) is 17.1. The molecular formula is C21H19N3O. The second kappa shape index (κ2) is 6.77. The van der Waals surface area contributed by atoms with E-state index in [4.69, 9.17) is 0 Å². The van der Waals surface area contributed by atoms with Gasteiger partial charge in [0.05, 0.1) is 5.69 Å². The van der Waals surface area contributed by atoms with E-state index >= 15 is 0 Å². The highest BCUT2D eigenvalue weighted by Gasteiger charge is 2.24. The van der Waals surface area contributed by atoms with E-state index < -0.39 is 0 Å². The van der Waals surface area contributed by atoms with Gasteiger partial charge in [-0.05, 0) is 11.6 Å². The molecule has 1 aliphatic rings. The number of aromatic amines is 1. The van der Waals surface area contributed by atoms with Crippen molar-refractivity contribution in [2.75, 3.05) is 6.54 Å². The lowest BCUT2D eigenvalue weighted by molar-refractivity contribution is -0.126. The van der Waals surface area contributed by atoms with Gasteiger partial charge in [-0.25, -0.2) is 0 Å². The molecule has 0 spiro atoms. The monoisotopic (exact) mass is 329 g/mol. The quantitative estimate of drug-likeness (QED) is 0.745. The van der Waals surface area contributed by atoms with Crippen LogP contribution in [0.1, 0.15) is 16.8 Å². The molecule has 2 aromatic carbocycles. The molecule has 0 fully saturated rings. The number of hydrogen-bond donors (Lipinski definition) is 1. The van der Waals surface area contributed by atoms with Crippen molar-refractivity contribution >= 4 is 12.0 Å². The third-order valence-corrected chi connectivity index (χ3v) is 4.51. The molecule has 0 atom stereocenters. The maximum atomic E-state index is 12.6. The van der Waals surface area contributed by atoms with Gasteiger partial charge in [-0.2, -0.15) is 5.10 Å². The predicted molar refractivity (Wildman–Crippen MR) is 98.6 cm³/mol. The zero-order valence-electron chi connectivity index (χ0n) is 13.9. The predicted octanol–water partition coefficient (Wildman–Crippen LogP) is 3.67. The van der Waals surface area contributed by atoms with E-state index in [1.54, 1.807) is 6.08 Å². The maximum Gasteiger partial charge on any atom is 0.246 e. The van der Waals surface area contributed by atoms with E-state index in [2.05, 4.69) is 10.2 Å². The second-order valence-electron chi connectivity index (χ2n) is 6.15. The molecule has 4 heteroatoms. The first-order valence-corrected chi connectivity index (χ1v) is 8.45. The molecule has 3 aromatic rings. The smallest absolute Gasteiger partial charge is 0.246 e. The Balaban J connectivity index is 1.54. The Bertz CT molecular complexity index is 897. The summed E-state index contributed by atoms with van der Waals surface area (Å²) >= 11 is 0. The van der Waals surface area contributed by atoms with Crippen molar-refractivity contribution in [3.63, 3.8) is 0 Å². The molecule has 0 bridgehead atoms. The molecule has 25 heavy (non-hydrogen) atoms. The van der Waals surface area contributed by atoms with Crippen LogP contribution in [0.2, 0.25) is 0 Å². The lowest BCUT2D eigenvalue weighted by Gasteiger charge is -2.26. The second-order valence-corrected chi connectivity index (χ2v) is 6.15. The van der Waals surface area contributed by atoms with Crippen molar-refractivity contribution in [1.29, 1.82) is 0 Å². The number of nitrogens with one attached hydrogen (secondary N) is 1. The molecule has 4 nitrogen and oxygen atoms in total. The number of H-pyrrole nitrogens is 1. The average Bonchev–Trinajstić information content (AvgIpc) is 3.11. The average molecular weight is 329 g/mol. The summed E-state index contributed by atoms with van der Waals surface area (Å²) in [6, 6.07) is 20.0. The van der Waals surface area contributed by atoms with Gasteiger partial charge in [0, 0.05) is 42.4 Å². The minimum absolute atomic E-state index is 0.0368. The van der Waals surface area contributed by atoms with E-state index in [1.165, 1.54) is 0 Å². The van der Waals surface area contributed by atoms with Crippen molar-refractivity contribution in [3.8, 4) is 11.3 Å². The first kappa shape index (κ1) is 15.4. The number of nitrogens with zero attached hydrogens (tertiary/aromatic N) is 2. The molecule has 4 rings (SSSR count). The lowest BCUT2D eigenvalue weighted by Crippen LogP contribution is -2.34. The van der Waals surface area contributed by atoms with Gasteiger partial charge in [-0.3, -0.25) is 9.89 Å². The van der Waals surface area contributed by atoms with E-state index in [0.717, 1.165) is 34.5 Å². The van der Waals surface area contributed by atoms with Gasteiger partial charge in [0.2, 0.25) is 5.91 Å². The molecule has 0 radical (unpaired) electrons. The highest BCUT2D eigenvalue weighted by Crippen LogP contribution is 2.28. The minimum atomic E-state index is 0.0368. The summed E-state index contributed by atoms with van der Waals surface area (Å²) in [7, 11) is 0. The number of carbonyl (C=O) groups is 1. The molecule has 1 aliphatic heterocycles. The largest absolute Gasteiger partial charge is 0.334 e. The van der Waals surface area contributed by atoms with Crippen LogP contribution in [0.4, 0.5) is 0 Å². The molecule has 0 aliphatic carbocycles. The third kappa shape index (κ3) is 3.24. The van der Waals surface area contributed by atoms with Gasteiger partial charge in [0.25, 0.3) is 0 Å². The normalized spacial score (nSPS) is 13.8.